The molecule has 26 heavy (non-hydrogen) atoms. The zero-order valence-electron chi connectivity index (χ0n) is 14.5. The summed E-state index contributed by atoms with van der Waals surface area (Å²) in [6.07, 6.45) is -2.36. The van der Waals surface area contributed by atoms with Gasteiger partial charge in [0, 0.05) is 19.6 Å². The van der Waals surface area contributed by atoms with Crippen LogP contribution in [0.1, 0.15) is 5.56 Å². The molecule has 2 saturated heterocycles. The van der Waals surface area contributed by atoms with E-state index in [2.05, 4.69) is 0 Å². The Hall–Kier alpha value is -3.17. The van der Waals surface area contributed by atoms with Crippen LogP contribution in [0.3, 0.4) is 0 Å². The summed E-state index contributed by atoms with van der Waals surface area (Å²) in [7, 11) is 1.53. The van der Waals surface area contributed by atoms with Crippen LogP contribution in [-0.2, 0) is 0 Å². The second-order valence-electron chi connectivity index (χ2n) is 6.19. The van der Waals surface area contributed by atoms with Gasteiger partial charge in [0.25, 0.3) is 0 Å². The molecule has 0 bridgehead atoms. The Kier molecular flexibility index (Phi) is 4.49. The normalized spacial score (nSPS) is 20.1. The van der Waals surface area contributed by atoms with Crippen molar-refractivity contribution in [2.75, 3.05) is 38.3 Å². The van der Waals surface area contributed by atoms with Crippen molar-refractivity contribution in [3.05, 3.63) is 23.8 Å². The first-order valence-electron chi connectivity index (χ1n) is 8.07. The molecule has 0 saturated carbocycles. The summed E-state index contributed by atoms with van der Waals surface area (Å²) >= 11 is 0. The number of rotatable bonds is 2. The second kappa shape index (κ2) is 6.62. The number of carbonyl (C=O) groups is 3. The summed E-state index contributed by atoms with van der Waals surface area (Å²) in [6.45, 7) is 2.29. The molecule has 1 atom stereocenters. The highest BCUT2D eigenvalue weighted by Gasteiger charge is 2.44. The van der Waals surface area contributed by atoms with Crippen molar-refractivity contribution in [1.29, 1.82) is 0 Å². The molecule has 0 radical (unpaired) electrons. The first kappa shape index (κ1) is 17.6. The Morgan fingerprint density at radius 3 is 2.46 bits per heavy atom. The first-order valence-corrected chi connectivity index (χ1v) is 8.07. The molecule has 140 valence electrons. The van der Waals surface area contributed by atoms with Gasteiger partial charge in [0.1, 0.15) is 5.75 Å². The standard InChI is InChI=1S/C16H20N4O6/c1-10-7-11(3-4-13(10)26-2)20-14(21)18-6-5-17(15(22)23)8-12(18)9-19(20)16(24)25/h3-4,7,12H,5-6,8-9H2,1-2H3,(H,22,23)(H,24,25)/t12-/m0/s1. The Labute approximate surface area is 149 Å². The molecule has 2 aliphatic heterocycles. The minimum atomic E-state index is -1.28. The predicted octanol–water partition coefficient (Wildman–Crippen LogP) is 1.50. The highest BCUT2D eigenvalue weighted by atomic mass is 16.5. The Morgan fingerprint density at radius 1 is 1.15 bits per heavy atom. The van der Waals surface area contributed by atoms with Crippen LogP contribution in [0.25, 0.3) is 0 Å². The molecular weight excluding hydrogens is 344 g/mol. The van der Waals surface area contributed by atoms with E-state index in [4.69, 9.17) is 9.84 Å². The first-order chi connectivity index (χ1) is 12.3. The number of carbonyl (C=O) groups excluding carboxylic acids is 1. The van der Waals surface area contributed by atoms with Gasteiger partial charge in [0.05, 0.1) is 25.4 Å². The number of hydrogen-bond acceptors (Lipinski definition) is 4. The molecule has 2 fully saturated rings. The summed E-state index contributed by atoms with van der Waals surface area (Å²) in [5, 5.41) is 20.8. The van der Waals surface area contributed by atoms with Gasteiger partial charge < -0.3 is 24.7 Å². The fourth-order valence-electron chi connectivity index (χ4n) is 3.35. The molecule has 0 spiro atoms. The van der Waals surface area contributed by atoms with E-state index < -0.39 is 24.3 Å². The van der Waals surface area contributed by atoms with Crippen LogP contribution >= 0.6 is 0 Å². The molecule has 2 aliphatic rings. The van der Waals surface area contributed by atoms with Crippen LogP contribution < -0.4 is 9.75 Å². The van der Waals surface area contributed by atoms with E-state index in [0.717, 1.165) is 15.6 Å². The minimum Gasteiger partial charge on any atom is -0.496 e. The third-order valence-electron chi connectivity index (χ3n) is 4.65. The lowest BCUT2D eigenvalue weighted by Gasteiger charge is -2.49. The zero-order chi connectivity index (χ0) is 19.0. The Bertz CT molecular complexity index is 754. The Morgan fingerprint density at radius 2 is 1.88 bits per heavy atom. The number of hydrogen-bond donors (Lipinski definition) is 2. The van der Waals surface area contributed by atoms with Crippen LogP contribution in [0.4, 0.5) is 20.1 Å². The highest BCUT2D eigenvalue weighted by molar-refractivity contribution is 5.95. The zero-order valence-corrected chi connectivity index (χ0v) is 14.5. The summed E-state index contributed by atoms with van der Waals surface area (Å²) < 4.78 is 5.20. The van der Waals surface area contributed by atoms with E-state index in [9.17, 15) is 19.5 Å². The van der Waals surface area contributed by atoms with Crippen LogP contribution in [0.2, 0.25) is 0 Å². The monoisotopic (exact) mass is 364 g/mol. The average molecular weight is 364 g/mol. The van der Waals surface area contributed by atoms with Gasteiger partial charge in [-0.1, -0.05) is 0 Å². The number of nitrogens with zero attached hydrogens (tertiary/aromatic N) is 4. The van der Waals surface area contributed by atoms with Gasteiger partial charge in [0.15, 0.2) is 0 Å². The molecule has 0 aliphatic carbocycles. The van der Waals surface area contributed by atoms with Crippen LogP contribution in [-0.4, -0.2) is 82.6 Å². The number of urea groups is 1. The molecule has 1 aromatic rings. The second-order valence-corrected chi connectivity index (χ2v) is 6.19. The van der Waals surface area contributed by atoms with E-state index in [0.29, 0.717) is 11.4 Å². The SMILES string of the molecule is COc1ccc(N2C(=O)N3CCN(C(=O)O)C[C@H]3CN2C(=O)O)cc1C. The molecule has 10 nitrogen and oxygen atoms in total. The average Bonchev–Trinajstić information content (AvgIpc) is 2.60. The largest absolute Gasteiger partial charge is 0.496 e. The number of methoxy groups -OCH3 is 1. The van der Waals surface area contributed by atoms with Gasteiger partial charge in [-0.2, -0.15) is 5.01 Å². The molecule has 10 heteroatoms. The van der Waals surface area contributed by atoms with Crippen molar-refractivity contribution < 1.29 is 29.3 Å². The van der Waals surface area contributed by atoms with Gasteiger partial charge in [-0.15, -0.1) is 0 Å². The number of ether oxygens (including phenoxy) is 1. The van der Waals surface area contributed by atoms with Crippen molar-refractivity contribution >= 4 is 23.9 Å². The highest BCUT2D eigenvalue weighted by Crippen LogP contribution is 2.30. The van der Waals surface area contributed by atoms with E-state index >= 15 is 0 Å². The molecule has 0 aromatic heterocycles. The van der Waals surface area contributed by atoms with Crippen LogP contribution in [0.5, 0.6) is 5.75 Å². The number of piperazine rings is 1. The summed E-state index contributed by atoms with van der Waals surface area (Å²) in [5.74, 6) is 0.632. The number of benzene rings is 1. The Balaban J connectivity index is 1.93. The summed E-state index contributed by atoms with van der Waals surface area (Å²) in [4.78, 5) is 38.6. The number of carboxylic acid groups (broad SMARTS) is 2. The van der Waals surface area contributed by atoms with Crippen molar-refractivity contribution in [2.45, 2.75) is 13.0 Å². The lowest BCUT2D eigenvalue weighted by molar-refractivity contribution is 0.0420. The molecule has 4 amide bonds. The summed E-state index contributed by atoms with van der Waals surface area (Å²) in [6, 6.07) is 3.97. The van der Waals surface area contributed by atoms with E-state index in [1.165, 1.54) is 16.9 Å². The summed E-state index contributed by atoms with van der Waals surface area (Å²) in [5.41, 5.74) is 1.18. The van der Waals surface area contributed by atoms with Gasteiger partial charge in [0.2, 0.25) is 0 Å². The van der Waals surface area contributed by atoms with E-state index in [1.807, 2.05) is 0 Å². The number of fused-ring (bicyclic) bond motifs is 1. The van der Waals surface area contributed by atoms with Gasteiger partial charge in [-0.25, -0.2) is 19.4 Å². The maximum absolute atomic E-state index is 13.0. The van der Waals surface area contributed by atoms with Gasteiger partial charge in [-0.3, -0.25) is 0 Å². The third-order valence-corrected chi connectivity index (χ3v) is 4.65. The minimum absolute atomic E-state index is 0.00404. The smallest absolute Gasteiger partial charge is 0.426 e. The fourth-order valence-corrected chi connectivity index (χ4v) is 3.35. The fraction of sp³-hybridized carbons (Fsp3) is 0.438. The number of hydrazine groups is 1. The molecule has 1 aromatic carbocycles. The molecule has 2 N–H and O–H groups in total. The van der Waals surface area contributed by atoms with E-state index in [-0.39, 0.29) is 26.2 Å². The molecular formula is C16H20N4O6. The maximum Gasteiger partial charge on any atom is 0.426 e. The topological polar surface area (TPSA) is 114 Å². The van der Waals surface area contributed by atoms with Crippen molar-refractivity contribution in [2.24, 2.45) is 0 Å². The number of amides is 4. The molecule has 2 heterocycles. The van der Waals surface area contributed by atoms with E-state index in [1.54, 1.807) is 25.1 Å². The quantitative estimate of drug-likeness (QED) is 0.822. The number of aryl methyl sites for hydroxylation is 1. The van der Waals surface area contributed by atoms with Crippen molar-refractivity contribution in [3.63, 3.8) is 0 Å². The van der Waals surface area contributed by atoms with Crippen molar-refractivity contribution in [1.82, 2.24) is 14.8 Å². The number of anilines is 1. The maximum atomic E-state index is 13.0. The molecule has 3 rings (SSSR count). The van der Waals surface area contributed by atoms with Crippen LogP contribution in [0.15, 0.2) is 18.2 Å². The lowest BCUT2D eigenvalue weighted by atomic mass is 10.1. The lowest BCUT2D eigenvalue weighted by Crippen LogP contribution is -2.70. The van der Waals surface area contributed by atoms with Crippen molar-refractivity contribution in [3.8, 4) is 5.75 Å². The van der Waals surface area contributed by atoms with Crippen LogP contribution in [0, 0.1) is 6.92 Å². The molecule has 0 unspecified atom stereocenters. The third kappa shape index (κ3) is 2.93. The predicted molar refractivity (Wildman–Crippen MR) is 90.4 cm³/mol. The van der Waals surface area contributed by atoms with Gasteiger partial charge >= 0.3 is 18.2 Å². The van der Waals surface area contributed by atoms with Gasteiger partial charge in [-0.05, 0) is 30.7 Å².